The topological polar surface area (TPSA) is 36.4 Å². The van der Waals surface area contributed by atoms with Gasteiger partial charge in [-0.2, -0.15) is 0 Å². The molecule has 0 spiro atoms. The lowest BCUT2D eigenvalue weighted by molar-refractivity contribution is 0.624. The van der Waals surface area contributed by atoms with Gasteiger partial charge in [0.15, 0.2) is 5.96 Å². The summed E-state index contributed by atoms with van der Waals surface area (Å²) in [5.41, 5.74) is 3.48. The lowest BCUT2D eigenvalue weighted by Gasteiger charge is -2.14. The summed E-state index contributed by atoms with van der Waals surface area (Å²) in [6.45, 7) is 3.40. The zero-order valence-electron chi connectivity index (χ0n) is 13.1. The molecule has 0 aromatic heterocycles. The van der Waals surface area contributed by atoms with Crippen LogP contribution in [0, 0.1) is 5.82 Å². The first-order valence-electron chi connectivity index (χ1n) is 7.48. The molecule has 0 bridgehead atoms. The third-order valence-corrected chi connectivity index (χ3v) is 3.52. The SMILES string of the molecule is CCc1ccccc1CNC(=NC)NCc1cccc(F)c1. The number of halogens is 1. The van der Waals surface area contributed by atoms with Crippen molar-refractivity contribution in [1.29, 1.82) is 0 Å². The molecule has 0 aliphatic rings. The van der Waals surface area contributed by atoms with E-state index in [1.165, 1.54) is 23.3 Å². The van der Waals surface area contributed by atoms with Crippen LogP contribution in [0.5, 0.6) is 0 Å². The van der Waals surface area contributed by atoms with Crippen LogP contribution in [-0.4, -0.2) is 13.0 Å². The first-order chi connectivity index (χ1) is 10.7. The van der Waals surface area contributed by atoms with Crippen molar-refractivity contribution in [2.24, 2.45) is 4.99 Å². The van der Waals surface area contributed by atoms with Crippen molar-refractivity contribution in [2.75, 3.05) is 7.05 Å². The Hall–Kier alpha value is -2.36. The number of aryl methyl sites for hydroxylation is 1. The largest absolute Gasteiger partial charge is 0.352 e. The van der Waals surface area contributed by atoms with E-state index in [9.17, 15) is 4.39 Å². The zero-order chi connectivity index (χ0) is 15.8. The van der Waals surface area contributed by atoms with E-state index in [0.29, 0.717) is 19.0 Å². The Kier molecular flexibility index (Phi) is 5.95. The molecule has 3 nitrogen and oxygen atoms in total. The summed E-state index contributed by atoms with van der Waals surface area (Å²) in [5.74, 6) is 0.481. The highest BCUT2D eigenvalue weighted by molar-refractivity contribution is 5.79. The first kappa shape index (κ1) is 16.0. The maximum atomic E-state index is 13.2. The number of benzene rings is 2. The molecule has 2 aromatic carbocycles. The number of nitrogens with one attached hydrogen (secondary N) is 2. The molecule has 0 aliphatic heterocycles. The highest BCUT2D eigenvalue weighted by Gasteiger charge is 2.02. The van der Waals surface area contributed by atoms with Crippen LogP contribution in [0.1, 0.15) is 23.6 Å². The van der Waals surface area contributed by atoms with Gasteiger partial charge in [0.05, 0.1) is 0 Å². The van der Waals surface area contributed by atoms with Crippen LogP contribution in [0.2, 0.25) is 0 Å². The van der Waals surface area contributed by atoms with E-state index in [1.807, 2.05) is 12.1 Å². The van der Waals surface area contributed by atoms with Crippen LogP contribution < -0.4 is 10.6 Å². The molecule has 0 atom stereocenters. The van der Waals surface area contributed by atoms with Gasteiger partial charge >= 0.3 is 0 Å². The van der Waals surface area contributed by atoms with E-state index in [-0.39, 0.29) is 5.82 Å². The second-order valence-corrected chi connectivity index (χ2v) is 5.03. The average molecular weight is 299 g/mol. The molecule has 2 rings (SSSR count). The first-order valence-corrected chi connectivity index (χ1v) is 7.48. The van der Waals surface area contributed by atoms with Crippen molar-refractivity contribution in [2.45, 2.75) is 26.4 Å². The van der Waals surface area contributed by atoms with Gasteiger partial charge in [-0.1, -0.05) is 43.3 Å². The normalized spacial score (nSPS) is 11.3. The Morgan fingerprint density at radius 3 is 2.41 bits per heavy atom. The molecule has 0 saturated carbocycles. The Bertz CT molecular complexity index is 638. The van der Waals surface area contributed by atoms with Crippen molar-refractivity contribution >= 4 is 5.96 Å². The van der Waals surface area contributed by atoms with Gasteiger partial charge in [-0.15, -0.1) is 0 Å². The molecule has 0 unspecified atom stereocenters. The van der Waals surface area contributed by atoms with E-state index in [0.717, 1.165) is 12.0 Å². The number of guanidine groups is 1. The molecule has 4 heteroatoms. The van der Waals surface area contributed by atoms with Gasteiger partial charge < -0.3 is 10.6 Å². The summed E-state index contributed by atoms with van der Waals surface area (Å²) in [4.78, 5) is 4.20. The summed E-state index contributed by atoms with van der Waals surface area (Å²) >= 11 is 0. The maximum Gasteiger partial charge on any atom is 0.191 e. The van der Waals surface area contributed by atoms with Gasteiger partial charge in [0.1, 0.15) is 5.82 Å². The second kappa shape index (κ2) is 8.17. The third-order valence-electron chi connectivity index (χ3n) is 3.52. The van der Waals surface area contributed by atoms with Gasteiger partial charge in [-0.25, -0.2) is 4.39 Å². The number of nitrogens with zero attached hydrogens (tertiary/aromatic N) is 1. The van der Waals surface area contributed by atoms with Gasteiger partial charge in [0, 0.05) is 20.1 Å². The van der Waals surface area contributed by atoms with Crippen molar-refractivity contribution in [1.82, 2.24) is 10.6 Å². The molecular formula is C18H22FN3. The summed E-state index contributed by atoms with van der Waals surface area (Å²) in [7, 11) is 1.73. The average Bonchev–Trinajstić information content (AvgIpc) is 2.55. The number of rotatable bonds is 5. The summed E-state index contributed by atoms with van der Waals surface area (Å²) in [6.07, 6.45) is 1.01. The van der Waals surface area contributed by atoms with Gasteiger partial charge in [0.25, 0.3) is 0 Å². The van der Waals surface area contributed by atoms with Crippen molar-refractivity contribution in [3.8, 4) is 0 Å². The van der Waals surface area contributed by atoms with Crippen LogP contribution >= 0.6 is 0 Å². The van der Waals surface area contributed by atoms with Crippen molar-refractivity contribution < 1.29 is 4.39 Å². The molecule has 2 N–H and O–H groups in total. The highest BCUT2D eigenvalue weighted by Crippen LogP contribution is 2.09. The van der Waals surface area contributed by atoms with E-state index in [4.69, 9.17) is 0 Å². The van der Waals surface area contributed by atoms with Crippen molar-refractivity contribution in [3.63, 3.8) is 0 Å². The fraction of sp³-hybridized carbons (Fsp3) is 0.278. The van der Waals surface area contributed by atoms with Gasteiger partial charge in [-0.05, 0) is 35.2 Å². The monoisotopic (exact) mass is 299 g/mol. The van der Waals surface area contributed by atoms with Gasteiger partial charge in [-0.3, -0.25) is 4.99 Å². The Labute approximate surface area is 131 Å². The van der Waals surface area contributed by atoms with Crippen LogP contribution in [0.4, 0.5) is 4.39 Å². The molecule has 0 aliphatic carbocycles. The molecule has 22 heavy (non-hydrogen) atoms. The number of hydrogen-bond donors (Lipinski definition) is 2. The third kappa shape index (κ3) is 4.58. The van der Waals surface area contributed by atoms with E-state index >= 15 is 0 Å². The molecule has 0 radical (unpaired) electrons. The Morgan fingerprint density at radius 2 is 1.73 bits per heavy atom. The predicted octanol–water partition coefficient (Wildman–Crippen LogP) is 3.25. The minimum Gasteiger partial charge on any atom is -0.352 e. The summed E-state index contributed by atoms with van der Waals surface area (Å²) in [5, 5.41) is 6.48. The number of hydrogen-bond acceptors (Lipinski definition) is 1. The van der Waals surface area contributed by atoms with Crippen LogP contribution in [0.25, 0.3) is 0 Å². The van der Waals surface area contributed by atoms with E-state index in [2.05, 4.69) is 40.7 Å². The molecular weight excluding hydrogens is 277 g/mol. The quantitative estimate of drug-likeness (QED) is 0.657. The molecule has 0 heterocycles. The summed E-state index contributed by atoms with van der Waals surface area (Å²) in [6, 6.07) is 14.9. The lowest BCUT2D eigenvalue weighted by atomic mass is 10.1. The molecule has 2 aromatic rings. The summed E-state index contributed by atoms with van der Waals surface area (Å²) < 4.78 is 13.2. The predicted molar refractivity (Wildman–Crippen MR) is 89.3 cm³/mol. The fourth-order valence-electron chi connectivity index (χ4n) is 2.31. The maximum absolute atomic E-state index is 13.2. The van der Waals surface area contributed by atoms with Crippen molar-refractivity contribution in [3.05, 3.63) is 71.0 Å². The molecule has 0 fully saturated rings. The van der Waals surface area contributed by atoms with Gasteiger partial charge in [0.2, 0.25) is 0 Å². The molecule has 0 saturated heterocycles. The molecule has 0 amide bonds. The van der Waals surface area contributed by atoms with E-state index in [1.54, 1.807) is 13.1 Å². The standard InChI is InChI=1S/C18H22FN3/c1-3-15-8-4-5-9-16(15)13-22-18(20-2)21-12-14-7-6-10-17(19)11-14/h4-11H,3,12-13H2,1-2H3,(H2,20,21,22). The minimum atomic E-state index is -0.223. The zero-order valence-corrected chi connectivity index (χ0v) is 13.1. The smallest absolute Gasteiger partial charge is 0.191 e. The lowest BCUT2D eigenvalue weighted by Crippen LogP contribution is -2.36. The highest BCUT2D eigenvalue weighted by atomic mass is 19.1. The minimum absolute atomic E-state index is 0.223. The van der Waals surface area contributed by atoms with Crippen LogP contribution in [-0.2, 0) is 19.5 Å². The number of aliphatic imine (C=N–C) groups is 1. The van der Waals surface area contributed by atoms with Crippen LogP contribution in [0.15, 0.2) is 53.5 Å². The van der Waals surface area contributed by atoms with Crippen LogP contribution in [0.3, 0.4) is 0 Å². The molecule has 116 valence electrons. The Balaban J connectivity index is 1.90. The second-order valence-electron chi connectivity index (χ2n) is 5.03. The fourth-order valence-corrected chi connectivity index (χ4v) is 2.31. The Morgan fingerprint density at radius 1 is 1.00 bits per heavy atom. The van der Waals surface area contributed by atoms with E-state index < -0.39 is 0 Å².